The number of nitrogens with two attached hydrogens (primary N) is 1. The van der Waals surface area contributed by atoms with Gasteiger partial charge in [0.1, 0.15) is 0 Å². The maximum Gasteiger partial charge on any atom is 0.160 e. The van der Waals surface area contributed by atoms with Crippen molar-refractivity contribution < 1.29 is 4.79 Å². The molecule has 0 rings (SSSR count). The minimum atomic E-state index is -0.00713. The molecule has 2 nitrogen and oxygen atoms in total. The number of hydrogen-bond acceptors (Lipinski definition) is 2. The first-order valence-corrected chi connectivity index (χ1v) is 4.79. The van der Waals surface area contributed by atoms with Crippen molar-refractivity contribution in [3.05, 3.63) is 35.6 Å². The molecule has 0 aromatic carbocycles. The first-order valence-electron chi connectivity index (χ1n) is 4.79. The van der Waals surface area contributed by atoms with Gasteiger partial charge in [0.25, 0.3) is 0 Å². The molecule has 0 heterocycles. The van der Waals surface area contributed by atoms with Gasteiger partial charge in [-0.2, -0.15) is 0 Å². The second-order valence-corrected chi connectivity index (χ2v) is 2.68. The van der Waals surface area contributed by atoms with Crippen LogP contribution in [0.15, 0.2) is 35.6 Å². The maximum absolute atomic E-state index is 11.0. The summed E-state index contributed by atoms with van der Waals surface area (Å²) in [6.07, 6.45) is 3.39. The Labute approximate surface area is 87.2 Å². The fraction of sp³-hybridized carbons (Fsp3) is 0.417. The minimum absolute atomic E-state index is 0.00713. The molecule has 2 heteroatoms. The average molecular weight is 195 g/mol. The Hall–Kier alpha value is -1.31. The third-order valence-corrected chi connectivity index (χ3v) is 1.48. The van der Waals surface area contributed by atoms with E-state index in [-0.39, 0.29) is 5.78 Å². The highest BCUT2D eigenvalue weighted by atomic mass is 16.1. The van der Waals surface area contributed by atoms with Crippen LogP contribution in [-0.2, 0) is 4.79 Å². The summed E-state index contributed by atoms with van der Waals surface area (Å²) in [5.41, 5.74) is 7.46. The molecule has 80 valence electrons. The summed E-state index contributed by atoms with van der Waals surface area (Å²) in [4.78, 5) is 11.0. The van der Waals surface area contributed by atoms with E-state index in [9.17, 15) is 4.79 Å². The monoisotopic (exact) mass is 195 g/mol. The number of ketones is 1. The van der Waals surface area contributed by atoms with Crippen LogP contribution < -0.4 is 5.73 Å². The Morgan fingerprint density at radius 2 is 1.71 bits per heavy atom. The van der Waals surface area contributed by atoms with Crippen LogP contribution in [-0.4, -0.2) is 5.78 Å². The summed E-state index contributed by atoms with van der Waals surface area (Å²) in [6.45, 7) is 12.8. The van der Waals surface area contributed by atoms with Gasteiger partial charge >= 0.3 is 0 Å². The van der Waals surface area contributed by atoms with Crippen molar-refractivity contribution in [1.29, 1.82) is 0 Å². The number of Topliss-reactive ketones (excluding diaryl/α,β-unsaturated/α-hetero) is 1. The molecule has 0 radical (unpaired) electrons. The Balaban J connectivity index is 0. The fourth-order valence-corrected chi connectivity index (χ4v) is 0.775. The Bertz CT molecular complexity index is 243. The number of allylic oxidation sites excluding steroid dienone is 4. The van der Waals surface area contributed by atoms with Crippen molar-refractivity contribution in [1.82, 2.24) is 0 Å². The topological polar surface area (TPSA) is 43.1 Å². The molecule has 0 atom stereocenters. The van der Waals surface area contributed by atoms with Gasteiger partial charge in [-0.1, -0.05) is 26.5 Å². The zero-order chi connectivity index (χ0) is 11.7. The summed E-state index contributed by atoms with van der Waals surface area (Å²) in [5, 5.41) is 0. The number of carbonyl (C=O) groups excluding carboxylic acids is 1. The first kappa shape index (κ1) is 15.2. The van der Waals surface area contributed by atoms with Crippen LogP contribution in [0.1, 0.15) is 34.6 Å². The molecular formula is C12H21NO. The second kappa shape index (κ2) is 8.30. The van der Waals surface area contributed by atoms with E-state index in [1.165, 1.54) is 6.92 Å². The third kappa shape index (κ3) is 6.23. The van der Waals surface area contributed by atoms with E-state index in [1.807, 2.05) is 20.8 Å². The molecule has 0 spiro atoms. The van der Waals surface area contributed by atoms with Crippen molar-refractivity contribution in [3.63, 3.8) is 0 Å². The number of rotatable bonds is 3. The van der Waals surface area contributed by atoms with Gasteiger partial charge in [-0.3, -0.25) is 4.79 Å². The molecule has 0 bridgehead atoms. The van der Waals surface area contributed by atoms with Crippen molar-refractivity contribution in [3.8, 4) is 0 Å². The molecule has 0 aromatic rings. The molecule has 0 fully saturated rings. The van der Waals surface area contributed by atoms with E-state index in [4.69, 9.17) is 5.73 Å². The fourth-order valence-electron chi connectivity index (χ4n) is 0.775. The molecule has 0 aliphatic carbocycles. The second-order valence-electron chi connectivity index (χ2n) is 2.68. The lowest BCUT2D eigenvalue weighted by Gasteiger charge is -2.01. The molecule has 0 aliphatic rings. The maximum atomic E-state index is 11.0. The Morgan fingerprint density at radius 3 is 1.93 bits per heavy atom. The van der Waals surface area contributed by atoms with E-state index < -0.39 is 0 Å². The van der Waals surface area contributed by atoms with Gasteiger partial charge in [-0.25, -0.2) is 0 Å². The summed E-state index contributed by atoms with van der Waals surface area (Å²) in [6, 6.07) is 0. The molecule has 0 aliphatic heterocycles. The van der Waals surface area contributed by atoms with Crippen molar-refractivity contribution in [2.45, 2.75) is 34.6 Å². The predicted molar refractivity (Wildman–Crippen MR) is 62.9 cm³/mol. The minimum Gasteiger partial charge on any atom is -0.399 e. The van der Waals surface area contributed by atoms with E-state index in [1.54, 1.807) is 19.1 Å². The highest BCUT2D eigenvalue weighted by Crippen LogP contribution is 2.09. The van der Waals surface area contributed by atoms with Gasteiger partial charge in [0.15, 0.2) is 5.78 Å². The molecule has 2 N–H and O–H groups in total. The molecule has 0 aromatic heterocycles. The molecule has 14 heavy (non-hydrogen) atoms. The molecule has 0 amide bonds. The smallest absolute Gasteiger partial charge is 0.160 e. The first-order chi connectivity index (χ1) is 6.49. The molecule has 0 unspecified atom stereocenters. The van der Waals surface area contributed by atoms with Gasteiger partial charge in [0, 0.05) is 11.3 Å². The summed E-state index contributed by atoms with van der Waals surface area (Å²) < 4.78 is 0. The molecule has 0 saturated heterocycles. The number of carbonyl (C=O) groups is 1. The standard InChI is InChI=1S/C10H15NO.C2H6/c1-5-9(11)6-10(7(2)3)8(4)12;1-2/h5-6H,2,11H2,1,3-4H3;1-2H3/b9-5+,10-6+;. The Kier molecular flexibility index (Phi) is 8.99. The lowest BCUT2D eigenvalue weighted by Crippen LogP contribution is -2.01. The average Bonchev–Trinajstić information content (AvgIpc) is 2.15. The third-order valence-electron chi connectivity index (χ3n) is 1.48. The number of hydrogen-bond donors (Lipinski definition) is 1. The van der Waals surface area contributed by atoms with Crippen LogP contribution in [0.5, 0.6) is 0 Å². The molecular weight excluding hydrogens is 174 g/mol. The van der Waals surface area contributed by atoms with E-state index in [0.29, 0.717) is 11.3 Å². The summed E-state index contributed by atoms with van der Waals surface area (Å²) in [7, 11) is 0. The van der Waals surface area contributed by atoms with Gasteiger partial charge in [-0.05, 0) is 32.4 Å². The zero-order valence-electron chi connectivity index (χ0n) is 9.85. The summed E-state index contributed by atoms with van der Waals surface area (Å²) in [5.74, 6) is -0.00713. The highest BCUT2D eigenvalue weighted by molar-refractivity contribution is 5.97. The van der Waals surface area contributed by atoms with Crippen molar-refractivity contribution >= 4 is 5.78 Å². The predicted octanol–water partition coefficient (Wildman–Crippen LogP) is 2.97. The molecule has 0 saturated carbocycles. The van der Waals surface area contributed by atoms with E-state index in [0.717, 1.165) is 5.57 Å². The van der Waals surface area contributed by atoms with Gasteiger partial charge in [0.2, 0.25) is 0 Å². The largest absolute Gasteiger partial charge is 0.399 e. The van der Waals surface area contributed by atoms with Crippen LogP contribution in [0.2, 0.25) is 0 Å². The van der Waals surface area contributed by atoms with Crippen LogP contribution in [0.3, 0.4) is 0 Å². The van der Waals surface area contributed by atoms with Crippen LogP contribution >= 0.6 is 0 Å². The highest BCUT2D eigenvalue weighted by Gasteiger charge is 2.03. The van der Waals surface area contributed by atoms with Crippen LogP contribution in [0.4, 0.5) is 0 Å². The van der Waals surface area contributed by atoms with Gasteiger partial charge in [-0.15, -0.1) is 0 Å². The quantitative estimate of drug-likeness (QED) is 0.555. The van der Waals surface area contributed by atoms with Crippen LogP contribution in [0.25, 0.3) is 0 Å². The lowest BCUT2D eigenvalue weighted by atomic mass is 10.0. The van der Waals surface area contributed by atoms with E-state index in [2.05, 4.69) is 6.58 Å². The van der Waals surface area contributed by atoms with Crippen LogP contribution in [0, 0.1) is 0 Å². The van der Waals surface area contributed by atoms with Gasteiger partial charge < -0.3 is 5.73 Å². The van der Waals surface area contributed by atoms with Crippen molar-refractivity contribution in [2.24, 2.45) is 5.73 Å². The normalized spacial score (nSPS) is 11.5. The van der Waals surface area contributed by atoms with Crippen molar-refractivity contribution in [2.75, 3.05) is 0 Å². The summed E-state index contributed by atoms with van der Waals surface area (Å²) >= 11 is 0. The van der Waals surface area contributed by atoms with E-state index >= 15 is 0 Å². The van der Waals surface area contributed by atoms with Gasteiger partial charge in [0.05, 0.1) is 0 Å². The lowest BCUT2D eigenvalue weighted by molar-refractivity contribution is -0.113. The SMILES string of the molecule is C=C(C)/C(=C\C(N)=C/C)C(C)=O.CC. The Morgan fingerprint density at radius 1 is 1.29 bits per heavy atom. The zero-order valence-corrected chi connectivity index (χ0v) is 9.85.